The first kappa shape index (κ1) is 23.1. The Labute approximate surface area is 195 Å². The Morgan fingerprint density at radius 2 is 1.33 bits per heavy atom. The molecule has 5 nitrogen and oxygen atoms in total. The molecule has 0 aliphatic rings. The summed E-state index contributed by atoms with van der Waals surface area (Å²) in [6, 6.07) is 19.8. The van der Waals surface area contributed by atoms with Gasteiger partial charge in [-0.1, -0.05) is 42.0 Å². The summed E-state index contributed by atoms with van der Waals surface area (Å²) in [7, 11) is -6.78. The molecule has 0 radical (unpaired) electrons. The van der Waals surface area contributed by atoms with E-state index in [9.17, 15) is 16.8 Å². The van der Waals surface area contributed by atoms with Crippen LogP contribution in [-0.4, -0.2) is 28.1 Å². The Kier molecular flexibility index (Phi) is 5.88. The van der Waals surface area contributed by atoms with E-state index in [-0.39, 0.29) is 10.6 Å². The smallest absolute Gasteiger partial charge is 0.184 e. The van der Waals surface area contributed by atoms with Crippen molar-refractivity contribution in [3.8, 4) is 11.1 Å². The van der Waals surface area contributed by atoms with Gasteiger partial charge in [0.15, 0.2) is 19.7 Å². The van der Waals surface area contributed by atoms with Crippen molar-refractivity contribution < 1.29 is 16.8 Å². The van der Waals surface area contributed by atoms with Crippen molar-refractivity contribution in [1.82, 2.24) is 4.98 Å². The maximum Gasteiger partial charge on any atom is 0.184 e. The molecule has 0 aliphatic heterocycles. The highest BCUT2D eigenvalue weighted by atomic mass is 32.2. The predicted molar refractivity (Wildman–Crippen MR) is 132 cm³/mol. The quantitative estimate of drug-likeness (QED) is 0.393. The van der Waals surface area contributed by atoms with E-state index >= 15 is 0 Å². The van der Waals surface area contributed by atoms with Crippen molar-refractivity contribution in [1.29, 1.82) is 0 Å². The first-order valence-corrected chi connectivity index (χ1v) is 14.0. The van der Waals surface area contributed by atoms with E-state index in [1.807, 2.05) is 57.2 Å². The van der Waals surface area contributed by atoms with Crippen molar-refractivity contribution in [2.75, 3.05) is 6.26 Å². The number of hydrogen-bond donors (Lipinski definition) is 0. The van der Waals surface area contributed by atoms with Gasteiger partial charge in [0.05, 0.1) is 26.8 Å². The summed E-state index contributed by atoms with van der Waals surface area (Å²) < 4.78 is 49.6. The largest absolute Gasteiger partial charge is 0.252 e. The minimum Gasteiger partial charge on any atom is -0.252 e. The number of pyridine rings is 1. The Bertz CT molecular complexity index is 1560. The van der Waals surface area contributed by atoms with Crippen LogP contribution in [-0.2, 0) is 25.4 Å². The molecule has 0 fully saturated rings. The summed E-state index contributed by atoms with van der Waals surface area (Å²) >= 11 is 0. The summed E-state index contributed by atoms with van der Waals surface area (Å²) in [6.45, 7) is 5.60. The van der Waals surface area contributed by atoms with Crippen molar-refractivity contribution in [3.05, 3.63) is 89.1 Å². The van der Waals surface area contributed by atoms with E-state index in [4.69, 9.17) is 0 Å². The van der Waals surface area contributed by atoms with Gasteiger partial charge in [0.2, 0.25) is 0 Å². The molecule has 33 heavy (non-hydrogen) atoms. The number of aromatic nitrogens is 1. The molecular weight excluding hydrogens is 454 g/mol. The number of benzene rings is 3. The van der Waals surface area contributed by atoms with Gasteiger partial charge in [-0.2, -0.15) is 0 Å². The van der Waals surface area contributed by atoms with E-state index in [1.165, 1.54) is 6.26 Å². The van der Waals surface area contributed by atoms with Crippen LogP contribution in [0, 0.1) is 20.8 Å². The van der Waals surface area contributed by atoms with Crippen LogP contribution in [0.4, 0.5) is 0 Å². The van der Waals surface area contributed by atoms with E-state index < -0.39 is 19.7 Å². The molecular formula is C26H25NO4S2. The number of hydrogen-bond acceptors (Lipinski definition) is 5. The minimum absolute atomic E-state index is 0.164. The Hall–Kier alpha value is -3.03. The zero-order valence-electron chi connectivity index (χ0n) is 19.0. The van der Waals surface area contributed by atoms with Crippen molar-refractivity contribution in [2.24, 2.45) is 0 Å². The molecule has 7 heteroatoms. The van der Waals surface area contributed by atoms with Crippen LogP contribution in [0.1, 0.15) is 22.4 Å². The van der Waals surface area contributed by atoms with Crippen LogP contribution in [0.5, 0.6) is 0 Å². The first-order valence-electron chi connectivity index (χ1n) is 10.4. The number of nitrogens with zero attached hydrogens (tertiary/aromatic N) is 1. The highest BCUT2D eigenvalue weighted by molar-refractivity contribution is 7.91. The zero-order valence-corrected chi connectivity index (χ0v) is 20.6. The van der Waals surface area contributed by atoms with Gasteiger partial charge in [0.25, 0.3) is 0 Å². The van der Waals surface area contributed by atoms with E-state index in [1.54, 1.807) is 30.3 Å². The second-order valence-electron chi connectivity index (χ2n) is 8.49. The summed E-state index contributed by atoms with van der Waals surface area (Å²) in [5.41, 5.74) is 5.55. The molecule has 4 aromatic rings. The van der Waals surface area contributed by atoms with Crippen molar-refractivity contribution in [2.45, 2.75) is 36.3 Å². The van der Waals surface area contributed by atoms with Gasteiger partial charge in [-0.25, -0.2) is 16.8 Å². The normalized spacial score (nSPS) is 12.2. The first-order chi connectivity index (χ1) is 15.4. The van der Waals surface area contributed by atoms with Crippen LogP contribution in [0.3, 0.4) is 0 Å². The lowest BCUT2D eigenvalue weighted by Crippen LogP contribution is -2.10. The fourth-order valence-electron chi connectivity index (χ4n) is 4.25. The molecule has 1 heterocycles. The predicted octanol–water partition coefficient (Wildman–Crippen LogP) is 5.20. The molecule has 0 N–H and O–H groups in total. The third-order valence-corrected chi connectivity index (χ3v) is 8.69. The standard InChI is InChI=1S/C26H25NO4S2/c1-17-13-18(2)26(19(3)14-17)33(30,31)16-23-9-5-22-15-21(8-12-25(22)27-23)20-6-10-24(11-7-20)32(4,28)29/h5-15H,16H2,1-4H3. The van der Waals surface area contributed by atoms with E-state index in [2.05, 4.69) is 4.98 Å². The van der Waals surface area contributed by atoms with Gasteiger partial charge in [-0.05, 0) is 73.4 Å². The lowest BCUT2D eigenvalue weighted by molar-refractivity contribution is 0.593. The van der Waals surface area contributed by atoms with Gasteiger partial charge in [0.1, 0.15) is 0 Å². The lowest BCUT2D eigenvalue weighted by Gasteiger charge is -2.12. The topological polar surface area (TPSA) is 81.2 Å². The van der Waals surface area contributed by atoms with Gasteiger partial charge in [-0.3, -0.25) is 4.98 Å². The van der Waals surface area contributed by atoms with Crippen molar-refractivity contribution in [3.63, 3.8) is 0 Å². The fraction of sp³-hybridized carbons (Fsp3) is 0.192. The third-order valence-electron chi connectivity index (χ3n) is 5.62. The van der Waals surface area contributed by atoms with E-state index in [0.717, 1.165) is 33.2 Å². The minimum atomic E-state index is -3.54. The van der Waals surface area contributed by atoms with Crippen LogP contribution in [0.25, 0.3) is 22.0 Å². The molecule has 0 saturated heterocycles. The molecule has 4 rings (SSSR count). The summed E-state index contributed by atoms with van der Waals surface area (Å²) in [6.07, 6.45) is 1.18. The Morgan fingerprint density at radius 1 is 0.727 bits per heavy atom. The molecule has 0 amide bonds. The molecule has 170 valence electrons. The highest BCUT2D eigenvalue weighted by Crippen LogP contribution is 2.28. The molecule has 0 aliphatic carbocycles. The molecule has 0 bridgehead atoms. The van der Waals surface area contributed by atoms with E-state index in [0.29, 0.717) is 16.1 Å². The number of fused-ring (bicyclic) bond motifs is 1. The van der Waals surface area contributed by atoms with Gasteiger partial charge < -0.3 is 0 Å². The summed E-state index contributed by atoms with van der Waals surface area (Å²) in [4.78, 5) is 5.24. The monoisotopic (exact) mass is 479 g/mol. The van der Waals surface area contributed by atoms with Crippen LogP contribution < -0.4 is 0 Å². The second kappa shape index (κ2) is 8.39. The molecule has 1 aromatic heterocycles. The van der Waals surface area contributed by atoms with Crippen LogP contribution in [0.2, 0.25) is 0 Å². The molecule has 0 atom stereocenters. The molecule has 0 unspecified atom stereocenters. The number of rotatable bonds is 5. The second-order valence-corrected chi connectivity index (χ2v) is 12.4. The van der Waals surface area contributed by atoms with Gasteiger partial charge in [0, 0.05) is 11.6 Å². The highest BCUT2D eigenvalue weighted by Gasteiger charge is 2.21. The number of aryl methyl sites for hydroxylation is 3. The molecule has 3 aromatic carbocycles. The third kappa shape index (κ3) is 4.84. The molecule has 0 saturated carbocycles. The van der Waals surface area contributed by atoms with Gasteiger partial charge >= 0.3 is 0 Å². The maximum absolute atomic E-state index is 13.1. The number of sulfone groups is 2. The van der Waals surface area contributed by atoms with Crippen LogP contribution >= 0.6 is 0 Å². The Morgan fingerprint density at radius 3 is 1.94 bits per heavy atom. The average molecular weight is 480 g/mol. The molecule has 0 spiro atoms. The summed E-state index contributed by atoms with van der Waals surface area (Å²) in [5, 5.41) is 0.878. The average Bonchev–Trinajstić information content (AvgIpc) is 2.71. The van der Waals surface area contributed by atoms with Gasteiger partial charge in [-0.15, -0.1) is 0 Å². The summed E-state index contributed by atoms with van der Waals surface area (Å²) in [5.74, 6) is -0.164. The van der Waals surface area contributed by atoms with Crippen molar-refractivity contribution >= 4 is 30.6 Å². The fourth-order valence-corrected chi connectivity index (χ4v) is 6.67. The maximum atomic E-state index is 13.1. The zero-order chi connectivity index (χ0) is 24.0. The lowest BCUT2D eigenvalue weighted by atomic mass is 10.0. The van der Waals surface area contributed by atoms with Crippen LogP contribution in [0.15, 0.2) is 76.5 Å². The SMILES string of the molecule is Cc1cc(C)c(S(=O)(=O)Cc2ccc3cc(-c4ccc(S(C)(=O)=O)cc4)ccc3n2)c(C)c1. The Balaban J connectivity index is 1.65.